The Kier molecular flexibility index (Phi) is 4.36. The summed E-state index contributed by atoms with van der Waals surface area (Å²) < 4.78 is 0. The molecule has 19 heavy (non-hydrogen) atoms. The molecule has 2 atom stereocenters. The van der Waals surface area contributed by atoms with Crippen LogP contribution in [0.4, 0.5) is 0 Å². The summed E-state index contributed by atoms with van der Waals surface area (Å²) in [7, 11) is 0. The van der Waals surface area contributed by atoms with Gasteiger partial charge in [0, 0.05) is 17.3 Å². The van der Waals surface area contributed by atoms with Crippen LogP contribution >= 0.6 is 11.3 Å². The number of thiazole rings is 1. The van der Waals surface area contributed by atoms with Crippen molar-refractivity contribution in [3.8, 4) is 0 Å². The molecule has 0 spiro atoms. The third-order valence-corrected chi connectivity index (χ3v) is 5.62. The van der Waals surface area contributed by atoms with E-state index in [1.54, 1.807) is 0 Å². The lowest BCUT2D eigenvalue weighted by Crippen LogP contribution is -2.28. The van der Waals surface area contributed by atoms with E-state index >= 15 is 0 Å². The van der Waals surface area contributed by atoms with Crippen LogP contribution in [0.25, 0.3) is 0 Å². The average Bonchev–Trinajstić information content (AvgIpc) is 2.68. The summed E-state index contributed by atoms with van der Waals surface area (Å²) in [5.41, 5.74) is 7.94. The molecule has 1 aliphatic carbocycles. The van der Waals surface area contributed by atoms with Crippen molar-refractivity contribution in [3.63, 3.8) is 0 Å². The van der Waals surface area contributed by atoms with Gasteiger partial charge in [0.1, 0.15) is 0 Å². The minimum atomic E-state index is 0.242. The number of nitrogens with two attached hydrogens (primary N) is 1. The predicted molar refractivity (Wildman–Crippen MR) is 83.6 cm³/mol. The Morgan fingerprint density at radius 1 is 1.37 bits per heavy atom. The maximum atomic E-state index is 6.17. The fourth-order valence-electron chi connectivity index (χ4n) is 2.69. The summed E-state index contributed by atoms with van der Waals surface area (Å²) in [6.07, 6.45) is 4.60. The highest BCUT2D eigenvalue weighted by atomic mass is 32.1. The number of aromatic nitrogens is 1. The summed E-state index contributed by atoms with van der Waals surface area (Å²) in [6.45, 7) is 11.5. The topological polar surface area (TPSA) is 38.9 Å². The predicted octanol–water partition coefficient (Wildman–Crippen LogP) is 3.82. The van der Waals surface area contributed by atoms with Crippen molar-refractivity contribution in [3.05, 3.63) is 15.6 Å². The molecule has 2 N–H and O–H groups in total. The zero-order valence-electron chi connectivity index (χ0n) is 13.0. The van der Waals surface area contributed by atoms with E-state index in [9.17, 15) is 0 Å². The second-order valence-corrected chi connectivity index (χ2v) is 8.56. The number of hydrogen-bond donors (Lipinski definition) is 1. The highest BCUT2D eigenvalue weighted by molar-refractivity contribution is 7.11. The normalized spacial score (nSPS) is 21.5. The minimum Gasteiger partial charge on any atom is -0.327 e. The van der Waals surface area contributed by atoms with Crippen LogP contribution in [0.3, 0.4) is 0 Å². The number of hydrogen-bond acceptors (Lipinski definition) is 3. The van der Waals surface area contributed by atoms with E-state index < -0.39 is 0 Å². The van der Waals surface area contributed by atoms with Gasteiger partial charge in [0.05, 0.1) is 10.7 Å². The summed E-state index contributed by atoms with van der Waals surface area (Å²) in [4.78, 5) is 6.35. The standard InChI is InChI=1S/C16H28N2S/c1-10(2)12(17)9-15-18-13-7-6-11(16(3,4)5)8-14(13)19-15/h10-12H,6-9,17H2,1-5H3. The Morgan fingerprint density at radius 2 is 2.05 bits per heavy atom. The van der Waals surface area contributed by atoms with E-state index in [4.69, 9.17) is 10.7 Å². The van der Waals surface area contributed by atoms with Crippen LogP contribution in [0.1, 0.15) is 56.6 Å². The lowest BCUT2D eigenvalue weighted by Gasteiger charge is -2.33. The van der Waals surface area contributed by atoms with Gasteiger partial charge in [-0.2, -0.15) is 0 Å². The molecule has 0 saturated heterocycles. The molecular weight excluding hydrogens is 252 g/mol. The zero-order chi connectivity index (χ0) is 14.2. The lowest BCUT2D eigenvalue weighted by atomic mass is 9.73. The highest BCUT2D eigenvalue weighted by Gasteiger charge is 2.30. The molecule has 0 aromatic carbocycles. The minimum absolute atomic E-state index is 0.242. The van der Waals surface area contributed by atoms with Crippen LogP contribution < -0.4 is 5.73 Å². The summed E-state index contributed by atoms with van der Waals surface area (Å²) in [5.74, 6) is 1.33. The summed E-state index contributed by atoms with van der Waals surface area (Å²) in [5, 5.41) is 1.25. The molecule has 0 radical (unpaired) electrons. The van der Waals surface area contributed by atoms with Crippen LogP contribution in [0.2, 0.25) is 0 Å². The molecule has 3 heteroatoms. The van der Waals surface area contributed by atoms with E-state index in [2.05, 4.69) is 34.6 Å². The first-order chi connectivity index (χ1) is 8.77. The van der Waals surface area contributed by atoms with Crippen LogP contribution in [-0.4, -0.2) is 11.0 Å². The molecule has 1 heterocycles. The van der Waals surface area contributed by atoms with Gasteiger partial charge in [0.25, 0.3) is 0 Å². The van der Waals surface area contributed by atoms with Crippen molar-refractivity contribution in [1.82, 2.24) is 4.98 Å². The lowest BCUT2D eigenvalue weighted by molar-refractivity contribution is 0.217. The van der Waals surface area contributed by atoms with Crippen molar-refractivity contribution in [2.45, 2.75) is 66.3 Å². The second-order valence-electron chi connectivity index (χ2n) is 7.40. The van der Waals surface area contributed by atoms with Gasteiger partial charge in [0.15, 0.2) is 0 Å². The van der Waals surface area contributed by atoms with Gasteiger partial charge in [-0.3, -0.25) is 0 Å². The Labute approximate surface area is 121 Å². The van der Waals surface area contributed by atoms with Crippen molar-refractivity contribution >= 4 is 11.3 Å². The molecule has 0 saturated carbocycles. The van der Waals surface area contributed by atoms with Crippen molar-refractivity contribution in [2.75, 3.05) is 0 Å². The molecule has 0 amide bonds. The highest BCUT2D eigenvalue weighted by Crippen LogP contribution is 2.39. The van der Waals surface area contributed by atoms with Crippen molar-refractivity contribution in [2.24, 2.45) is 23.0 Å². The van der Waals surface area contributed by atoms with Crippen molar-refractivity contribution in [1.29, 1.82) is 0 Å². The number of aryl methyl sites for hydroxylation is 1. The van der Waals surface area contributed by atoms with E-state index in [1.807, 2.05) is 11.3 Å². The fourth-order valence-corrected chi connectivity index (χ4v) is 3.96. The Bertz CT molecular complexity index is 428. The molecule has 0 bridgehead atoms. The van der Waals surface area contributed by atoms with E-state index in [0.29, 0.717) is 11.3 Å². The first kappa shape index (κ1) is 15.0. The van der Waals surface area contributed by atoms with Crippen LogP contribution in [0.5, 0.6) is 0 Å². The third-order valence-electron chi connectivity index (χ3n) is 4.48. The third kappa shape index (κ3) is 3.57. The van der Waals surface area contributed by atoms with Crippen LogP contribution in [-0.2, 0) is 19.3 Å². The number of fused-ring (bicyclic) bond motifs is 1. The number of rotatable bonds is 3. The molecule has 2 rings (SSSR count). The fraction of sp³-hybridized carbons (Fsp3) is 0.812. The van der Waals surface area contributed by atoms with Gasteiger partial charge in [-0.15, -0.1) is 11.3 Å². The molecule has 1 aliphatic rings. The zero-order valence-corrected chi connectivity index (χ0v) is 13.8. The monoisotopic (exact) mass is 280 g/mol. The molecule has 2 nitrogen and oxygen atoms in total. The molecular formula is C16H28N2S. The molecule has 1 aromatic rings. The summed E-state index contributed by atoms with van der Waals surface area (Å²) in [6, 6.07) is 0.242. The van der Waals surface area contributed by atoms with E-state index in [-0.39, 0.29) is 6.04 Å². The van der Waals surface area contributed by atoms with Gasteiger partial charge in [0.2, 0.25) is 0 Å². The van der Waals surface area contributed by atoms with Gasteiger partial charge < -0.3 is 5.73 Å². The second kappa shape index (κ2) is 5.53. The van der Waals surface area contributed by atoms with Crippen LogP contribution in [0.15, 0.2) is 0 Å². The van der Waals surface area contributed by atoms with E-state index in [0.717, 1.165) is 18.8 Å². The largest absolute Gasteiger partial charge is 0.327 e. The van der Waals surface area contributed by atoms with Gasteiger partial charge in [-0.05, 0) is 36.5 Å². The maximum absolute atomic E-state index is 6.17. The Morgan fingerprint density at radius 3 is 2.63 bits per heavy atom. The van der Waals surface area contributed by atoms with Gasteiger partial charge >= 0.3 is 0 Å². The quantitative estimate of drug-likeness (QED) is 0.914. The molecule has 108 valence electrons. The van der Waals surface area contributed by atoms with E-state index in [1.165, 1.54) is 28.4 Å². The maximum Gasteiger partial charge on any atom is 0.0946 e. The Balaban J connectivity index is 2.08. The molecule has 2 unspecified atom stereocenters. The van der Waals surface area contributed by atoms with Crippen molar-refractivity contribution < 1.29 is 0 Å². The molecule has 0 aliphatic heterocycles. The SMILES string of the molecule is CC(C)C(N)Cc1nc2c(s1)CC(C(C)(C)C)CC2. The first-order valence-electron chi connectivity index (χ1n) is 7.50. The van der Waals surface area contributed by atoms with Gasteiger partial charge in [-0.25, -0.2) is 4.98 Å². The van der Waals surface area contributed by atoms with Gasteiger partial charge in [-0.1, -0.05) is 34.6 Å². The number of nitrogens with zero attached hydrogens (tertiary/aromatic N) is 1. The molecule has 0 fully saturated rings. The molecule has 1 aromatic heterocycles. The average molecular weight is 280 g/mol. The van der Waals surface area contributed by atoms with Crippen LogP contribution in [0, 0.1) is 17.3 Å². The Hall–Kier alpha value is -0.410. The first-order valence-corrected chi connectivity index (χ1v) is 8.32. The smallest absolute Gasteiger partial charge is 0.0946 e. The summed E-state index contributed by atoms with van der Waals surface area (Å²) >= 11 is 1.91.